The van der Waals surface area contributed by atoms with Gasteiger partial charge < -0.3 is 23.3 Å². The molecule has 0 unspecified atom stereocenters. The fraction of sp³-hybridized carbons (Fsp3) is 0.265. The van der Waals surface area contributed by atoms with Crippen molar-refractivity contribution in [2.24, 2.45) is 0 Å². The predicted molar refractivity (Wildman–Crippen MR) is 175 cm³/mol. The minimum Gasteiger partial charge on any atom is -0.445 e. The van der Waals surface area contributed by atoms with Crippen molar-refractivity contribution in [3.05, 3.63) is 102 Å². The largest absolute Gasteiger partial charge is 0.445 e. The van der Waals surface area contributed by atoms with E-state index in [-0.39, 0.29) is 43.3 Å². The van der Waals surface area contributed by atoms with Gasteiger partial charge in [-0.05, 0) is 55.3 Å². The zero-order valence-electron chi connectivity index (χ0n) is 26.3. The van der Waals surface area contributed by atoms with Crippen molar-refractivity contribution in [2.45, 2.75) is 25.3 Å². The topological polar surface area (TPSA) is 131 Å². The maximum absolute atomic E-state index is 14.5. The highest BCUT2D eigenvalue weighted by Crippen LogP contribution is 2.37. The first-order valence-corrected chi connectivity index (χ1v) is 16.5. The summed E-state index contributed by atoms with van der Waals surface area (Å²) in [6.07, 6.45) is 3.05. The molecule has 0 atom stereocenters. The van der Waals surface area contributed by atoms with Gasteiger partial charge in [-0.2, -0.15) is 0 Å². The highest BCUT2D eigenvalue weighted by molar-refractivity contribution is 7.93. The van der Waals surface area contributed by atoms with Crippen LogP contribution in [0.5, 0.6) is 0 Å². The second-order valence-electron chi connectivity index (χ2n) is 11.0. The van der Waals surface area contributed by atoms with E-state index < -0.39 is 10.0 Å². The zero-order valence-corrected chi connectivity index (χ0v) is 27.1. The third-order valence-electron chi connectivity index (χ3n) is 8.05. The number of aryl methyl sites for hydroxylation is 1. The van der Waals surface area contributed by atoms with Gasteiger partial charge in [-0.15, -0.1) is 0 Å². The van der Waals surface area contributed by atoms with Gasteiger partial charge >= 0.3 is 6.03 Å². The molecule has 0 aliphatic carbocycles. The standard InChI is InChI=1S/C34H35N5O7S/c1-24-25(2)36-46-33(24)39(23-44-20-19-43-3)47(41,42)31-12-8-7-11-30(31)29-14-13-26(32-35-15-18-45-32)21-27(29)22-37-16-17-38(34(37)40)28-9-5-4-6-10-28/h4-15,18,21H,16-17,19-20,22-23H2,1-3H3. The van der Waals surface area contributed by atoms with Crippen LogP contribution in [0.4, 0.5) is 16.4 Å². The smallest absolute Gasteiger partial charge is 0.324 e. The number of aromatic nitrogens is 2. The molecule has 5 aromatic rings. The average molecular weight is 658 g/mol. The first-order valence-electron chi connectivity index (χ1n) is 15.1. The fourth-order valence-electron chi connectivity index (χ4n) is 5.46. The first-order chi connectivity index (χ1) is 22.8. The van der Waals surface area contributed by atoms with E-state index in [4.69, 9.17) is 18.4 Å². The lowest BCUT2D eigenvalue weighted by atomic mass is 9.97. The van der Waals surface area contributed by atoms with Gasteiger partial charge in [-0.25, -0.2) is 22.5 Å². The third kappa shape index (κ3) is 6.50. The van der Waals surface area contributed by atoms with Crippen molar-refractivity contribution in [3.8, 4) is 22.6 Å². The number of oxazole rings is 1. The van der Waals surface area contributed by atoms with Gasteiger partial charge in [0.2, 0.25) is 11.8 Å². The molecule has 3 heterocycles. The number of carbonyl (C=O) groups is 1. The lowest BCUT2D eigenvalue weighted by Gasteiger charge is -2.24. The Morgan fingerprint density at radius 3 is 2.47 bits per heavy atom. The summed E-state index contributed by atoms with van der Waals surface area (Å²) < 4.78 is 52.0. The van der Waals surface area contributed by atoms with E-state index in [1.807, 2.05) is 48.5 Å². The molecule has 1 aliphatic rings. The lowest BCUT2D eigenvalue weighted by Crippen LogP contribution is -2.34. The summed E-state index contributed by atoms with van der Waals surface area (Å²) in [4.78, 5) is 21.4. The summed E-state index contributed by atoms with van der Waals surface area (Å²) in [6.45, 7) is 4.88. The number of amides is 2. The molecule has 0 spiro atoms. The molecule has 0 bridgehead atoms. The van der Waals surface area contributed by atoms with Crippen LogP contribution < -0.4 is 9.21 Å². The second-order valence-corrected chi connectivity index (χ2v) is 12.8. The minimum atomic E-state index is -4.27. The molecule has 12 nitrogen and oxygen atoms in total. The molecule has 2 amide bonds. The monoisotopic (exact) mass is 657 g/mol. The highest BCUT2D eigenvalue weighted by Gasteiger charge is 2.34. The predicted octanol–water partition coefficient (Wildman–Crippen LogP) is 5.87. The average Bonchev–Trinajstić information content (AvgIpc) is 3.83. The molecule has 1 saturated heterocycles. The highest BCUT2D eigenvalue weighted by atomic mass is 32.2. The Hall–Kier alpha value is -4.98. The van der Waals surface area contributed by atoms with Crippen LogP contribution in [0.25, 0.3) is 22.6 Å². The summed E-state index contributed by atoms with van der Waals surface area (Å²) in [5.74, 6) is 0.478. The van der Waals surface area contributed by atoms with Crippen LogP contribution in [0, 0.1) is 13.8 Å². The molecule has 1 aliphatic heterocycles. The molecule has 47 heavy (non-hydrogen) atoms. The van der Waals surface area contributed by atoms with Crippen molar-refractivity contribution in [3.63, 3.8) is 0 Å². The van der Waals surface area contributed by atoms with Crippen molar-refractivity contribution in [2.75, 3.05) is 49.3 Å². The number of ether oxygens (including phenoxy) is 2. The molecule has 0 radical (unpaired) electrons. The Morgan fingerprint density at radius 1 is 0.957 bits per heavy atom. The number of benzene rings is 3. The molecule has 0 saturated carbocycles. The minimum absolute atomic E-state index is 0.0348. The van der Waals surface area contributed by atoms with Crippen LogP contribution in [-0.4, -0.2) is 69.6 Å². The summed E-state index contributed by atoms with van der Waals surface area (Å²) in [7, 11) is -2.73. The van der Waals surface area contributed by atoms with Crippen LogP contribution >= 0.6 is 0 Å². The Bertz CT molecular complexity index is 1940. The maximum atomic E-state index is 14.5. The number of hydrogen-bond acceptors (Lipinski definition) is 9. The summed E-state index contributed by atoms with van der Waals surface area (Å²) >= 11 is 0. The van der Waals surface area contributed by atoms with Gasteiger partial charge in [-0.1, -0.05) is 47.6 Å². The van der Waals surface area contributed by atoms with Gasteiger partial charge in [-0.3, -0.25) is 4.90 Å². The van der Waals surface area contributed by atoms with Crippen LogP contribution in [0.1, 0.15) is 16.8 Å². The van der Waals surface area contributed by atoms with Gasteiger partial charge in [0.15, 0.2) is 0 Å². The first kappa shape index (κ1) is 32.0. The summed E-state index contributed by atoms with van der Waals surface area (Å²) in [5.41, 5.74) is 4.46. The van der Waals surface area contributed by atoms with Crippen LogP contribution in [0.3, 0.4) is 0 Å². The SMILES string of the molecule is COCCOCN(c1onc(C)c1C)S(=O)(=O)c1ccccc1-c1ccc(-c2ncco2)cc1CN1CCN(c2ccccc2)C1=O. The number of para-hydroxylation sites is 1. The fourth-order valence-corrected chi connectivity index (χ4v) is 7.01. The van der Waals surface area contributed by atoms with E-state index in [1.54, 1.807) is 54.1 Å². The number of urea groups is 1. The Morgan fingerprint density at radius 2 is 1.74 bits per heavy atom. The number of anilines is 2. The molecule has 13 heteroatoms. The molecular formula is C34H35N5O7S. The van der Waals surface area contributed by atoms with Crippen molar-refractivity contribution >= 4 is 27.6 Å². The molecule has 2 aromatic heterocycles. The van der Waals surface area contributed by atoms with Crippen LogP contribution in [0.15, 0.2) is 99.1 Å². The van der Waals surface area contributed by atoms with E-state index in [1.165, 1.54) is 13.4 Å². The molecule has 6 rings (SSSR count). The van der Waals surface area contributed by atoms with E-state index in [2.05, 4.69) is 10.1 Å². The second kappa shape index (κ2) is 13.8. The van der Waals surface area contributed by atoms with Crippen LogP contribution in [-0.2, 0) is 26.0 Å². The molecule has 1 fully saturated rings. The van der Waals surface area contributed by atoms with E-state index in [0.29, 0.717) is 46.9 Å². The molecule has 3 aromatic carbocycles. The Balaban J connectivity index is 1.41. The third-order valence-corrected chi connectivity index (χ3v) is 9.82. The Kier molecular flexibility index (Phi) is 9.38. The van der Waals surface area contributed by atoms with Crippen LogP contribution in [0.2, 0.25) is 0 Å². The molecule has 0 N–H and O–H groups in total. The molecular weight excluding hydrogens is 622 g/mol. The normalized spacial score (nSPS) is 13.5. The zero-order chi connectivity index (χ0) is 33.0. The number of methoxy groups -OCH3 is 1. The number of rotatable bonds is 13. The maximum Gasteiger partial charge on any atom is 0.324 e. The number of hydrogen-bond donors (Lipinski definition) is 0. The van der Waals surface area contributed by atoms with E-state index >= 15 is 0 Å². The van der Waals surface area contributed by atoms with Crippen molar-refractivity contribution in [1.29, 1.82) is 0 Å². The number of carbonyl (C=O) groups excluding carboxylic acids is 1. The summed E-state index contributed by atoms with van der Waals surface area (Å²) in [6, 6.07) is 21.7. The Labute approximate surface area is 273 Å². The van der Waals surface area contributed by atoms with E-state index in [9.17, 15) is 13.2 Å². The molecule has 244 valence electrons. The summed E-state index contributed by atoms with van der Waals surface area (Å²) in [5, 5.41) is 3.99. The van der Waals surface area contributed by atoms with Gasteiger partial charge in [0, 0.05) is 49.1 Å². The van der Waals surface area contributed by atoms with Gasteiger partial charge in [0.25, 0.3) is 10.0 Å². The lowest BCUT2D eigenvalue weighted by molar-refractivity contribution is 0.0744. The quantitative estimate of drug-likeness (QED) is 0.113. The van der Waals surface area contributed by atoms with Crippen molar-refractivity contribution in [1.82, 2.24) is 15.0 Å². The van der Waals surface area contributed by atoms with E-state index in [0.717, 1.165) is 15.6 Å². The number of sulfonamides is 1. The van der Waals surface area contributed by atoms with Crippen molar-refractivity contribution < 1.29 is 31.6 Å². The van der Waals surface area contributed by atoms with Gasteiger partial charge in [0.1, 0.15) is 13.0 Å². The number of nitrogens with zero attached hydrogens (tertiary/aromatic N) is 5. The van der Waals surface area contributed by atoms with Gasteiger partial charge in [0.05, 0.1) is 30.0 Å².